The summed E-state index contributed by atoms with van der Waals surface area (Å²) in [4.78, 5) is 36.8. The molecule has 234 valence electrons. The monoisotopic (exact) mass is 611 g/mol. The van der Waals surface area contributed by atoms with Crippen LogP contribution in [0.3, 0.4) is 0 Å². The molecule has 0 saturated carbocycles. The largest absolute Gasteiger partial charge is 0.469 e. The van der Waals surface area contributed by atoms with Gasteiger partial charge in [-0.3, -0.25) is 9.59 Å². The number of aromatic nitrogens is 2. The van der Waals surface area contributed by atoms with Gasteiger partial charge in [-0.05, 0) is 41.5 Å². The summed E-state index contributed by atoms with van der Waals surface area (Å²) in [5, 5.41) is 20.2. The van der Waals surface area contributed by atoms with Crippen molar-refractivity contribution in [3.05, 3.63) is 82.8 Å². The van der Waals surface area contributed by atoms with Crippen molar-refractivity contribution >= 4 is 17.5 Å². The summed E-state index contributed by atoms with van der Waals surface area (Å²) in [6.45, 7) is 11.1. The molecule has 0 radical (unpaired) electrons. The molecular weight excluding hydrogens is 574 g/mol. The van der Waals surface area contributed by atoms with Crippen LogP contribution in [-0.2, 0) is 21.4 Å². The van der Waals surface area contributed by atoms with E-state index in [4.69, 9.17) is 18.6 Å². The summed E-state index contributed by atoms with van der Waals surface area (Å²) in [6, 6.07) is 12.1. The van der Waals surface area contributed by atoms with Gasteiger partial charge in [-0.1, -0.05) is 65.0 Å². The van der Waals surface area contributed by atoms with E-state index >= 15 is 0 Å². The number of anilines is 1. The van der Waals surface area contributed by atoms with Crippen molar-refractivity contribution in [3.8, 4) is 17.3 Å². The zero-order valence-electron chi connectivity index (χ0n) is 26.1. The summed E-state index contributed by atoms with van der Waals surface area (Å²) >= 11 is 0. The average Bonchev–Trinajstić information content (AvgIpc) is 3.74. The molecule has 5 atom stereocenters. The van der Waals surface area contributed by atoms with E-state index in [1.165, 1.54) is 0 Å². The Kier molecular flexibility index (Phi) is 6.59. The van der Waals surface area contributed by atoms with Crippen LogP contribution in [0.1, 0.15) is 74.7 Å². The van der Waals surface area contributed by atoms with Gasteiger partial charge in [0.25, 0.3) is 0 Å². The fourth-order valence-electron chi connectivity index (χ4n) is 6.55. The van der Waals surface area contributed by atoms with Gasteiger partial charge in [0, 0.05) is 17.7 Å². The van der Waals surface area contributed by atoms with Gasteiger partial charge in [0.15, 0.2) is 17.7 Å². The highest BCUT2D eigenvalue weighted by Gasteiger charge is 2.61. The molecule has 0 saturated heterocycles. The molecule has 2 amide bonds. The highest BCUT2D eigenvalue weighted by Crippen LogP contribution is 2.59. The normalized spacial score (nSPS) is 24.0. The maximum atomic E-state index is 14.0. The number of para-hydroxylation sites is 1. The van der Waals surface area contributed by atoms with Crippen LogP contribution >= 0.6 is 0 Å². The van der Waals surface area contributed by atoms with Crippen molar-refractivity contribution in [2.75, 3.05) is 5.32 Å². The molecule has 0 aliphatic carbocycles. The number of ether oxygens (including phenoxy) is 1. The molecule has 0 fully saturated rings. The van der Waals surface area contributed by atoms with Crippen LogP contribution in [0.15, 0.2) is 57.6 Å². The fraction of sp³-hybridized carbons (Fsp3) is 0.412. The second-order valence-corrected chi connectivity index (χ2v) is 13.6. The molecule has 2 unspecified atom stereocenters. The number of nitrogens with one attached hydrogen (secondary N) is 3. The topological polar surface area (TPSA) is 152 Å². The molecule has 7 rings (SSSR count). The van der Waals surface area contributed by atoms with Gasteiger partial charge in [-0.2, -0.15) is 0 Å². The van der Waals surface area contributed by atoms with Crippen molar-refractivity contribution < 1.29 is 28.3 Å². The summed E-state index contributed by atoms with van der Waals surface area (Å²) < 4.78 is 19.3. The minimum atomic E-state index is -1.31. The van der Waals surface area contributed by atoms with Gasteiger partial charge >= 0.3 is 0 Å². The van der Waals surface area contributed by atoms with Crippen LogP contribution in [0.25, 0.3) is 11.6 Å². The molecule has 2 aromatic heterocycles. The molecule has 11 heteroatoms. The Balaban J connectivity index is 1.47. The van der Waals surface area contributed by atoms with E-state index in [1.54, 1.807) is 27.0 Å². The Bertz CT molecular complexity index is 1820. The number of aryl methyl sites for hydroxylation is 1. The lowest BCUT2D eigenvalue weighted by Crippen LogP contribution is -2.53. The molecule has 4 bridgehead atoms. The van der Waals surface area contributed by atoms with Gasteiger partial charge in [0.2, 0.25) is 23.6 Å². The lowest BCUT2D eigenvalue weighted by molar-refractivity contribution is -0.138. The summed E-state index contributed by atoms with van der Waals surface area (Å²) in [6.07, 6.45) is -0.133. The second-order valence-electron chi connectivity index (χ2n) is 13.6. The number of fused-ring (bicyclic) bond motifs is 4. The molecule has 4 aromatic rings. The number of hydrogen-bond acceptors (Lipinski definition) is 9. The minimum Gasteiger partial charge on any atom is -0.469 e. The van der Waals surface area contributed by atoms with E-state index in [0.717, 1.165) is 22.4 Å². The first-order valence-electron chi connectivity index (χ1n) is 15.3. The van der Waals surface area contributed by atoms with Crippen LogP contribution < -0.4 is 20.7 Å². The van der Waals surface area contributed by atoms with Crippen LogP contribution in [0.4, 0.5) is 5.69 Å². The van der Waals surface area contributed by atoms with Gasteiger partial charge in [-0.15, -0.1) is 0 Å². The number of amides is 2. The van der Waals surface area contributed by atoms with E-state index in [-0.39, 0.29) is 18.2 Å². The molecule has 11 nitrogen and oxygen atoms in total. The van der Waals surface area contributed by atoms with Gasteiger partial charge in [-0.25, -0.2) is 9.97 Å². The molecule has 2 aromatic carbocycles. The lowest BCUT2D eigenvalue weighted by Gasteiger charge is -2.30. The second kappa shape index (κ2) is 10.2. The first kappa shape index (κ1) is 29.1. The number of carbonyl (C=O) groups is 2. The van der Waals surface area contributed by atoms with E-state index in [1.807, 2.05) is 63.2 Å². The quantitative estimate of drug-likeness (QED) is 0.264. The summed E-state index contributed by atoms with van der Waals surface area (Å²) in [5.74, 6) is 0.543. The number of nitrogens with zero attached hydrogens (tertiary/aromatic N) is 2. The third-order valence-corrected chi connectivity index (χ3v) is 8.94. The Morgan fingerprint density at radius 1 is 1.11 bits per heavy atom. The smallest absolute Gasteiger partial charge is 0.250 e. The third-order valence-electron chi connectivity index (χ3n) is 8.94. The SMILES string of the molecule is Cc1coc(-c2nc3oc2C24c5ccccc5NC2Oc2ccc(cc24)C[C@H](NC(=O)[C@@H](O)C(C)(C)C)C(=O)N[C@H]3C(C)C)n1. The number of oxazole rings is 2. The minimum absolute atomic E-state index is 0.144. The molecule has 3 aliphatic rings. The number of carbonyl (C=O) groups excluding carboxylic acids is 2. The number of hydrogen-bond donors (Lipinski definition) is 4. The van der Waals surface area contributed by atoms with E-state index < -0.39 is 47.1 Å². The van der Waals surface area contributed by atoms with E-state index in [0.29, 0.717) is 28.8 Å². The predicted molar refractivity (Wildman–Crippen MR) is 164 cm³/mol. The summed E-state index contributed by atoms with van der Waals surface area (Å²) in [5.41, 5.74) is 2.88. The first-order chi connectivity index (χ1) is 21.4. The lowest BCUT2D eigenvalue weighted by atomic mass is 9.72. The molecule has 3 aliphatic heterocycles. The fourth-order valence-corrected chi connectivity index (χ4v) is 6.55. The Hall–Kier alpha value is -4.64. The van der Waals surface area contributed by atoms with Crippen LogP contribution in [0.2, 0.25) is 0 Å². The molecule has 5 heterocycles. The zero-order chi connectivity index (χ0) is 31.8. The Morgan fingerprint density at radius 3 is 2.60 bits per heavy atom. The van der Waals surface area contributed by atoms with Crippen molar-refractivity contribution in [3.63, 3.8) is 0 Å². The van der Waals surface area contributed by atoms with Crippen LogP contribution in [0.5, 0.6) is 5.75 Å². The van der Waals surface area contributed by atoms with Crippen molar-refractivity contribution in [2.24, 2.45) is 11.3 Å². The number of benzene rings is 2. The van der Waals surface area contributed by atoms with E-state index in [2.05, 4.69) is 20.9 Å². The van der Waals surface area contributed by atoms with Crippen LogP contribution in [-0.4, -0.2) is 45.3 Å². The predicted octanol–water partition coefficient (Wildman–Crippen LogP) is 4.38. The number of aliphatic hydroxyl groups is 1. The van der Waals surface area contributed by atoms with Gasteiger partial charge in [0.05, 0.1) is 5.69 Å². The van der Waals surface area contributed by atoms with Gasteiger partial charge in [0.1, 0.15) is 35.6 Å². The van der Waals surface area contributed by atoms with E-state index in [9.17, 15) is 14.7 Å². The van der Waals surface area contributed by atoms with Gasteiger partial charge < -0.3 is 34.6 Å². The van der Waals surface area contributed by atoms with Crippen LogP contribution in [0, 0.1) is 18.3 Å². The maximum Gasteiger partial charge on any atom is 0.250 e. The van der Waals surface area contributed by atoms with Crippen molar-refractivity contribution in [2.45, 2.75) is 77.8 Å². The third kappa shape index (κ3) is 4.51. The number of aliphatic hydroxyl groups excluding tert-OH is 1. The van der Waals surface area contributed by atoms with Crippen molar-refractivity contribution in [1.82, 2.24) is 20.6 Å². The molecule has 45 heavy (non-hydrogen) atoms. The molecule has 4 N–H and O–H groups in total. The zero-order valence-corrected chi connectivity index (χ0v) is 26.1. The molecule has 1 spiro atoms. The Labute approximate surface area is 260 Å². The highest BCUT2D eigenvalue weighted by molar-refractivity contribution is 5.90. The standard InChI is InChI=1S/C34H37N5O6/c1-16(2)24-31-39-25(30-35-17(3)15-43-30)27(45-31)34-19-9-7-8-10-21(19)37-32(34)44-23-12-11-18(13-20(23)34)14-22(28(41)38-24)36-29(42)26(40)33(4,5)6/h7-13,15-16,22,24,26,32,37,40H,14H2,1-6H3,(H,36,42)(H,38,41)/t22-,24-,26+,32?,34?/m0/s1. The first-order valence-corrected chi connectivity index (χ1v) is 15.3. The Morgan fingerprint density at radius 2 is 1.89 bits per heavy atom. The molecular formula is C34H37N5O6. The summed E-state index contributed by atoms with van der Waals surface area (Å²) in [7, 11) is 0. The van der Waals surface area contributed by atoms with Crippen molar-refractivity contribution in [1.29, 1.82) is 0 Å². The average molecular weight is 612 g/mol. The number of rotatable bonds is 4. The highest BCUT2D eigenvalue weighted by atomic mass is 16.5. The maximum absolute atomic E-state index is 14.0.